The van der Waals surface area contributed by atoms with Gasteiger partial charge < -0.3 is 5.32 Å². The Balaban J connectivity index is 1.80. The summed E-state index contributed by atoms with van der Waals surface area (Å²) in [5, 5.41) is 3.85. The SMILES string of the molecule is CCCNC(c1ccc(C)c(C)c1)C1C2CCCCC21. The van der Waals surface area contributed by atoms with Crippen LogP contribution in [0.25, 0.3) is 0 Å². The largest absolute Gasteiger partial charge is 0.310 e. The molecule has 0 amide bonds. The molecule has 0 aliphatic heterocycles. The lowest BCUT2D eigenvalue weighted by Crippen LogP contribution is -2.25. The van der Waals surface area contributed by atoms with Gasteiger partial charge in [-0.2, -0.15) is 0 Å². The number of fused-ring (bicyclic) bond motifs is 1. The Bertz CT molecular complexity index is 453. The van der Waals surface area contributed by atoms with E-state index in [4.69, 9.17) is 0 Å². The predicted octanol–water partition coefficient (Wildman–Crippen LogP) is 4.78. The Morgan fingerprint density at radius 1 is 1.10 bits per heavy atom. The van der Waals surface area contributed by atoms with Crippen molar-refractivity contribution in [2.45, 2.75) is 58.9 Å². The second-order valence-corrected chi connectivity index (χ2v) is 6.97. The van der Waals surface area contributed by atoms with E-state index in [1.54, 1.807) is 0 Å². The Labute approximate surface area is 124 Å². The smallest absolute Gasteiger partial charge is 0.0354 e. The fourth-order valence-electron chi connectivity index (χ4n) is 4.28. The summed E-state index contributed by atoms with van der Waals surface area (Å²) >= 11 is 0. The van der Waals surface area contributed by atoms with Crippen LogP contribution < -0.4 is 5.32 Å². The van der Waals surface area contributed by atoms with E-state index in [-0.39, 0.29) is 0 Å². The second-order valence-electron chi connectivity index (χ2n) is 6.97. The van der Waals surface area contributed by atoms with Crippen LogP contribution in [0.1, 0.15) is 61.8 Å². The van der Waals surface area contributed by atoms with Gasteiger partial charge in [0.05, 0.1) is 0 Å². The molecule has 3 unspecified atom stereocenters. The third kappa shape index (κ3) is 2.65. The number of rotatable bonds is 5. The minimum absolute atomic E-state index is 0.599. The lowest BCUT2D eigenvalue weighted by Gasteiger charge is -2.21. The average Bonchev–Trinajstić information content (AvgIpc) is 3.17. The van der Waals surface area contributed by atoms with Crippen molar-refractivity contribution in [3.63, 3.8) is 0 Å². The molecule has 0 radical (unpaired) electrons. The molecule has 3 atom stereocenters. The average molecular weight is 271 g/mol. The molecule has 0 bridgehead atoms. The van der Waals surface area contributed by atoms with Crippen LogP contribution >= 0.6 is 0 Å². The van der Waals surface area contributed by atoms with Crippen molar-refractivity contribution in [3.05, 3.63) is 34.9 Å². The van der Waals surface area contributed by atoms with Crippen LogP contribution in [0.5, 0.6) is 0 Å². The molecule has 3 rings (SSSR count). The zero-order valence-electron chi connectivity index (χ0n) is 13.3. The number of hydrogen-bond acceptors (Lipinski definition) is 1. The van der Waals surface area contributed by atoms with Gasteiger partial charge in [0.1, 0.15) is 0 Å². The molecule has 0 spiro atoms. The second kappa shape index (κ2) is 5.89. The highest BCUT2D eigenvalue weighted by atomic mass is 14.9. The number of benzene rings is 1. The summed E-state index contributed by atoms with van der Waals surface area (Å²) in [4.78, 5) is 0. The molecule has 2 aliphatic carbocycles. The van der Waals surface area contributed by atoms with Crippen molar-refractivity contribution in [3.8, 4) is 0 Å². The minimum Gasteiger partial charge on any atom is -0.310 e. The molecule has 2 fully saturated rings. The molecule has 1 heteroatoms. The monoisotopic (exact) mass is 271 g/mol. The highest BCUT2D eigenvalue weighted by molar-refractivity contribution is 5.33. The first-order valence-corrected chi connectivity index (χ1v) is 8.53. The van der Waals surface area contributed by atoms with Crippen LogP contribution in [-0.4, -0.2) is 6.54 Å². The first-order valence-electron chi connectivity index (χ1n) is 8.53. The van der Waals surface area contributed by atoms with Crippen molar-refractivity contribution >= 4 is 0 Å². The summed E-state index contributed by atoms with van der Waals surface area (Å²) in [5.74, 6) is 2.94. The zero-order valence-corrected chi connectivity index (χ0v) is 13.3. The van der Waals surface area contributed by atoms with Crippen LogP contribution in [0, 0.1) is 31.6 Å². The minimum atomic E-state index is 0.599. The lowest BCUT2D eigenvalue weighted by molar-refractivity contribution is 0.445. The third-order valence-corrected chi connectivity index (χ3v) is 5.61. The van der Waals surface area contributed by atoms with Gasteiger partial charge in [0.25, 0.3) is 0 Å². The molecule has 110 valence electrons. The standard InChI is InChI=1S/C19H29N/c1-4-11-20-19(15-10-9-13(2)14(3)12-15)18-16-7-5-6-8-17(16)18/h9-10,12,16-20H,4-8,11H2,1-3H3. The quantitative estimate of drug-likeness (QED) is 0.812. The summed E-state index contributed by atoms with van der Waals surface area (Å²) in [5.41, 5.74) is 4.38. The van der Waals surface area contributed by atoms with Gasteiger partial charge in [0.15, 0.2) is 0 Å². The highest BCUT2D eigenvalue weighted by Crippen LogP contribution is 2.60. The molecule has 0 aromatic heterocycles. The van der Waals surface area contributed by atoms with Gasteiger partial charge in [-0.1, -0.05) is 38.0 Å². The molecular weight excluding hydrogens is 242 g/mol. The predicted molar refractivity (Wildman–Crippen MR) is 85.9 cm³/mol. The van der Waals surface area contributed by atoms with Crippen molar-refractivity contribution in [2.75, 3.05) is 6.54 Å². The van der Waals surface area contributed by atoms with E-state index in [0.29, 0.717) is 6.04 Å². The van der Waals surface area contributed by atoms with Gasteiger partial charge in [0, 0.05) is 6.04 Å². The maximum atomic E-state index is 3.85. The summed E-state index contributed by atoms with van der Waals surface area (Å²) in [6, 6.07) is 7.69. The normalized spacial score (nSPS) is 29.9. The van der Waals surface area contributed by atoms with Gasteiger partial charge in [-0.15, -0.1) is 0 Å². The van der Waals surface area contributed by atoms with Gasteiger partial charge in [0.2, 0.25) is 0 Å². The molecule has 20 heavy (non-hydrogen) atoms. The van der Waals surface area contributed by atoms with Crippen LogP contribution in [-0.2, 0) is 0 Å². The van der Waals surface area contributed by atoms with Crippen LogP contribution in [0.2, 0.25) is 0 Å². The highest BCUT2D eigenvalue weighted by Gasteiger charge is 2.54. The molecule has 0 heterocycles. The summed E-state index contributed by atoms with van der Waals surface area (Å²) < 4.78 is 0. The molecule has 1 N–H and O–H groups in total. The van der Waals surface area contributed by atoms with Gasteiger partial charge in [-0.25, -0.2) is 0 Å². The summed E-state index contributed by atoms with van der Waals surface area (Å²) in [7, 11) is 0. The van der Waals surface area contributed by atoms with Crippen LogP contribution in [0.3, 0.4) is 0 Å². The van der Waals surface area contributed by atoms with E-state index in [2.05, 4.69) is 44.3 Å². The first kappa shape index (κ1) is 14.1. The molecule has 1 aromatic rings. The third-order valence-electron chi connectivity index (χ3n) is 5.61. The first-order chi connectivity index (χ1) is 9.72. The van der Waals surface area contributed by atoms with Crippen molar-refractivity contribution in [1.82, 2.24) is 5.32 Å². The molecule has 2 saturated carbocycles. The van der Waals surface area contributed by atoms with E-state index < -0.39 is 0 Å². The van der Waals surface area contributed by atoms with Crippen molar-refractivity contribution in [1.29, 1.82) is 0 Å². The van der Waals surface area contributed by atoms with Crippen molar-refractivity contribution in [2.24, 2.45) is 17.8 Å². The van der Waals surface area contributed by atoms with E-state index in [1.165, 1.54) is 48.8 Å². The van der Waals surface area contributed by atoms with E-state index in [1.807, 2.05) is 0 Å². The molecular formula is C19H29N. The summed E-state index contributed by atoms with van der Waals surface area (Å²) in [6.07, 6.45) is 7.11. The van der Waals surface area contributed by atoms with Crippen LogP contribution in [0.4, 0.5) is 0 Å². The fraction of sp³-hybridized carbons (Fsp3) is 0.684. The molecule has 1 nitrogen and oxygen atoms in total. The number of hydrogen-bond donors (Lipinski definition) is 1. The van der Waals surface area contributed by atoms with Crippen molar-refractivity contribution < 1.29 is 0 Å². The van der Waals surface area contributed by atoms with E-state index in [9.17, 15) is 0 Å². The van der Waals surface area contributed by atoms with E-state index in [0.717, 1.165) is 24.3 Å². The topological polar surface area (TPSA) is 12.0 Å². The van der Waals surface area contributed by atoms with Gasteiger partial charge >= 0.3 is 0 Å². The van der Waals surface area contributed by atoms with E-state index >= 15 is 0 Å². The molecule has 2 aliphatic rings. The van der Waals surface area contributed by atoms with Gasteiger partial charge in [-0.3, -0.25) is 0 Å². The fourth-order valence-corrected chi connectivity index (χ4v) is 4.28. The number of nitrogens with one attached hydrogen (secondary N) is 1. The summed E-state index contributed by atoms with van der Waals surface area (Å²) in [6.45, 7) is 7.87. The Kier molecular flexibility index (Phi) is 4.16. The maximum Gasteiger partial charge on any atom is 0.0354 e. The zero-order chi connectivity index (χ0) is 14.1. The molecule has 0 saturated heterocycles. The maximum absolute atomic E-state index is 3.85. The number of aryl methyl sites for hydroxylation is 2. The lowest BCUT2D eigenvalue weighted by atomic mass is 9.96. The van der Waals surface area contributed by atoms with Crippen LogP contribution in [0.15, 0.2) is 18.2 Å². The molecule has 1 aromatic carbocycles. The Hall–Kier alpha value is -0.820. The van der Waals surface area contributed by atoms with Gasteiger partial charge in [-0.05, 0) is 74.1 Å². The Morgan fingerprint density at radius 3 is 2.40 bits per heavy atom. The Morgan fingerprint density at radius 2 is 1.80 bits per heavy atom.